The van der Waals surface area contributed by atoms with E-state index in [1.807, 2.05) is 12.1 Å². The summed E-state index contributed by atoms with van der Waals surface area (Å²) >= 11 is 1.75. The molecule has 2 N–H and O–H groups in total. The molecule has 0 amide bonds. The Labute approximate surface area is 117 Å². The van der Waals surface area contributed by atoms with Crippen molar-refractivity contribution in [1.82, 2.24) is 4.98 Å². The number of rotatable bonds is 4. The van der Waals surface area contributed by atoms with Crippen molar-refractivity contribution in [3.8, 4) is 11.3 Å². The number of benzene rings is 1. The van der Waals surface area contributed by atoms with Crippen LogP contribution >= 0.6 is 11.3 Å². The molecule has 1 aliphatic heterocycles. The Morgan fingerprint density at radius 1 is 1.42 bits per heavy atom. The molecular formula is C15H18N2OS. The molecule has 0 radical (unpaired) electrons. The van der Waals surface area contributed by atoms with E-state index in [0.717, 1.165) is 42.9 Å². The maximum absolute atomic E-state index is 5.68. The van der Waals surface area contributed by atoms with Crippen LogP contribution in [0.4, 0.5) is 0 Å². The van der Waals surface area contributed by atoms with E-state index in [9.17, 15) is 0 Å². The van der Waals surface area contributed by atoms with Crippen molar-refractivity contribution < 1.29 is 4.74 Å². The van der Waals surface area contributed by atoms with Gasteiger partial charge in [-0.15, -0.1) is 11.3 Å². The molecule has 1 saturated heterocycles. The molecule has 1 aromatic carbocycles. The van der Waals surface area contributed by atoms with Crippen molar-refractivity contribution >= 4 is 11.3 Å². The number of thiazole rings is 1. The Kier molecular flexibility index (Phi) is 3.92. The van der Waals surface area contributed by atoms with Crippen LogP contribution in [0.25, 0.3) is 11.3 Å². The summed E-state index contributed by atoms with van der Waals surface area (Å²) in [5.41, 5.74) is 9.05. The van der Waals surface area contributed by atoms with Gasteiger partial charge in [0, 0.05) is 37.1 Å². The first kappa shape index (κ1) is 12.8. The predicted molar refractivity (Wildman–Crippen MR) is 78.1 cm³/mol. The lowest BCUT2D eigenvalue weighted by Gasteiger charge is -2.03. The minimum atomic E-state index is 0.574. The van der Waals surface area contributed by atoms with Gasteiger partial charge in [-0.25, -0.2) is 4.98 Å². The lowest BCUT2D eigenvalue weighted by Crippen LogP contribution is -2.03. The molecule has 1 unspecified atom stereocenters. The Morgan fingerprint density at radius 2 is 2.37 bits per heavy atom. The highest BCUT2D eigenvalue weighted by Crippen LogP contribution is 2.26. The first-order chi connectivity index (χ1) is 9.35. The van der Waals surface area contributed by atoms with E-state index >= 15 is 0 Å². The van der Waals surface area contributed by atoms with Crippen LogP contribution in [0.15, 0.2) is 29.6 Å². The number of hydrogen-bond donors (Lipinski definition) is 1. The van der Waals surface area contributed by atoms with Crippen LogP contribution < -0.4 is 5.73 Å². The van der Waals surface area contributed by atoms with Crippen molar-refractivity contribution in [1.29, 1.82) is 0 Å². The minimum Gasteiger partial charge on any atom is -0.381 e. The lowest BCUT2D eigenvalue weighted by molar-refractivity contribution is 0.186. The Hall–Kier alpha value is -1.23. The highest BCUT2D eigenvalue weighted by Gasteiger charge is 2.17. The normalized spacial score (nSPS) is 18.9. The molecule has 4 heteroatoms. The highest BCUT2D eigenvalue weighted by molar-refractivity contribution is 7.09. The summed E-state index contributed by atoms with van der Waals surface area (Å²) in [6.45, 7) is 2.36. The number of nitrogens with zero attached hydrogens (tertiary/aromatic N) is 1. The summed E-state index contributed by atoms with van der Waals surface area (Å²) in [5.74, 6) is 0.648. The number of ether oxygens (including phenoxy) is 1. The van der Waals surface area contributed by atoms with Gasteiger partial charge in [0.15, 0.2) is 0 Å². The van der Waals surface area contributed by atoms with Crippen LogP contribution in [0.2, 0.25) is 0 Å². The summed E-state index contributed by atoms with van der Waals surface area (Å²) in [5, 5.41) is 3.35. The van der Waals surface area contributed by atoms with E-state index in [0.29, 0.717) is 12.5 Å². The standard InChI is InChI=1S/C15H18N2OS/c16-8-11-2-1-3-13(6-11)14-10-19-15(17-14)7-12-4-5-18-9-12/h1-3,6,10,12H,4-5,7-9,16H2. The molecule has 2 aromatic rings. The first-order valence-electron chi connectivity index (χ1n) is 6.66. The van der Waals surface area contributed by atoms with Crippen molar-refractivity contribution in [2.75, 3.05) is 13.2 Å². The molecule has 1 aliphatic rings. The van der Waals surface area contributed by atoms with Crippen molar-refractivity contribution in [2.45, 2.75) is 19.4 Å². The van der Waals surface area contributed by atoms with Crippen molar-refractivity contribution in [2.24, 2.45) is 11.7 Å². The summed E-state index contributed by atoms with van der Waals surface area (Å²) in [4.78, 5) is 4.74. The zero-order valence-corrected chi connectivity index (χ0v) is 11.7. The SMILES string of the molecule is NCc1cccc(-c2csc(CC3CCOC3)n2)c1. The van der Waals surface area contributed by atoms with Gasteiger partial charge < -0.3 is 10.5 Å². The topological polar surface area (TPSA) is 48.1 Å². The van der Waals surface area contributed by atoms with Gasteiger partial charge in [0.05, 0.1) is 10.7 Å². The fraction of sp³-hybridized carbons (Fsp3) is 0.400. The van der Waals surface area contributed by atoms with Gasteiger partial charge in [-0.3, -0.25) is 0 Å². The molecule has 100 valence electrons. The zero-order chi connectivity index (χ0) is 13.1. The third-order valence-electron chi connectivity index (χ3n) is 3.50. The minimum absolute atomic E-state index is 0.574. The molecule has 1 fully saturated rings. The van der Waals surface area contributed by atoms with Crippen LogP contribution in [0.3, 0.4) is 0 Å². The molecule has 19 heavy (non-hydrogen) atoms. The van der Waals surface area contributed by atoms with Crippen LogP contribution in [0, 0.1) is 5.92 Å². The highest BCUT2D eigenvalue weighted by atomic mass is 32.1. The molecule has 0 spiro atoms. The van der Waals surface area contributed by atoms with Gasteiger partial charge in [-0.2, -0.15) is 0 Å². The van der Waals surface area contributed by atoms with E-state index in [1.54, 1.807) is 11.3 Å². The smallest absolute Gasteiger partial charge is 0.0936 e. The third kappa shape index (κ3) is 3.03. The van der Waals surface area contributed by atoms with Gasteiger partial charge in [-0.1, -0.05) is 18.2 Å². The fourth-order valence-electron chi connectivity index (χ4n) is 2.39. The summed E-state index contributed by atoms with van der Waals surface area (Å²) in [7, 11) is 0. The molecular weight excluding hydrogens is 256 g/mol. The van der Waals surface area contributed by atoms with E-state index in [1.165, 1.54) is 5.01 Å². The van der Waals surface area contributed by atoms with Crippen LogP contribution in [-0.4, -0.2) is 18.2 Å². The summed E-state index contributed by atoms with van der Waals surface area (Å²) in [6.07, 6.45) is 2.21. The van der Waals surface area contributed by atoms with E-state index < -0.39 is 0 Å². The predicted octanol–water partition coefficient (Wildman–Crippen LogP) is 2.85. The molecule has 3 rings (SSSR count). The molecule has 1 atom stereocenters. The van der Waals surface area contributed by atoms with Gasteiger partial charge in [0.1, 0.15) is 0 Å². The van der Waals surface area contributed by atoms with Gasteiger partial charge in [-0.05, 0) is 24.0 Å². The fourth-order valence-corrected chi connectivity index (χ4v) is 3.31. The van der Waals surface area contributed by atoms with E-state index in [2.05, 4.69) is 17.5 Å². The second-order valence-corrected chi connectivity index (χ2v) is 5.91. The quantitative estimate of drug-likeness (QED) is 0.932. The number of aromatic nitrogens is 1. The van der Waals surface area contributed by atoms with Gasteiger partial charge in [0.2, 0.25) is 0 Å². The molecule has 0 aliphatic carbocycles. The van der Waals surface area contributed by atoms with E-state index in [4.69, 9.17) is 15.5 Å². The monoisotopic (exact) mass is 274 g/mol. The maximum atomic E-state index is 5.68. The largest absolute Gasteiger partial charge is 0.381 e. The van der Waals surface area contributed by atoms with Crippen LogP contribution in [0.1, 0.15) is 17.0 Å². The molecule has 3 nitrogen and oxygen atoms in total. The average molecular weight is 274 g/mol. The average Bonchev–Trinajstić information content (AvgIpc) is 3.11. The van der Waals surface area contributed by atoms with Gasteiger partial charge in [0.25, 0.3) is 0 Å². The number of hydrogen-bond acceptors (Lipinski definition) is 4. The Bertz CT molecular complexity index is 547. The maximum Gasteiger partial charge on any atom is 0.0936 e. The number of nitrogens with two attached hydrogens (primary N) is 1. The summed E-state index contributed by atoms with van der Waals surface area (Å²) in [6, 6.07) is 8.31. The zero-order valence-electron chi connectivity index (χ0n) is 10.8. The third-order valence-corrected chi connectivity index (χ3v) is 4.37. The second kappa shape index (κ2) is 5.82. The summed E-state index contributed by atoms with van der Waals surface area (Å²) < 4.78 is 5.41. The Morgan fingerprint density at radius 3 is 3.16 bits per heavy atom. The van der Waals surface area contributed by atoms with Crippen LogP contribution in [-0.2, 0) is 17.7 Å². The molecule has 0 bridgehead atoms. The first-order valence-corrected chi connectivity index (χ1v) is 7.54. The second-order valence-electron chi connectivity index (χ2n) is 4.96. The van der Waals surface area contributed by atoms with Crippen LogP contribution in [0.5, 0.6) is 0 Å². The van der Waals surface area contributed by atoms with Crippen molar-refractivity contribution in [3.63, 3.8) is 0 Å². The van der Waals surface area contributed by atoms with Gasteiger partial charge >= 0.3 is 0 Å². The van der Waals surface area contributed by atoms with E-state index in [-0.39, 0.29) is 0 Å². The molecule has 2 heterocycles. The van der Waals surface area contributed by atoms with Crippen molar-refractivity contribution in [3.05, 3.63) is 40.2 Å². The lowest BCUT2D eigenvalue weighted by atomic mass is 10.1. The molecule has 1 aromatic heterocycles. The molecule has 0 saturated carbocycles. The Balaban J connectivity index is 1.76.